The molecule has 0 bridgehead atoms. The molecular formula is C15H20Cl2N4. The molecule has 0 saturated carbocycles. The van der Waals surface area contributed by atoms with Crippen molar-refractivity contribution < 1.29 is 0 Å². The number of hydrogen-bond donors (Lipinski definition) is 1. The summed E-state index contributed by atoms with van der Waals surface area (Å²) in [6, 6.07) is 5.97. The van der Waals surface area contributed by atoms with Gasteiger partial charge in [-0.1, -0.05) is 36.2 Å². The monoisotopic (exact) mass is 326 g/mol. The molecule has 114 valence electrons. The van der Waals surface area contributed by atoms with Crippen molar-refractivity contribution in [3.63, 3.8) is 0 Å². The molecule has 21 heavy (non-hydrogen) atoms. The summed E-state index contributed by atoms with van der Waals surface area (Å²) in [5.41, 5.74) is 1.03. The first kappa shape index (κ1) is 16.3. The Kier molecular flexibility index (Phi) is 5.62. The number of benzene rings is 1. The Balaban J connectivity index is 2.28. The van der Waals surface area contributed by atoms with Gasteiger partial charge in [0.05, 0.1) is 0 Å². The van der Waals surface area contributed by atoms with Crippen LogP contribution in [0.1, 0.15) is 44.2 Å². The molecule has 1 atom stereocenters. The van der Waals surface area contributed by atoms with Gasteiger partial charge >= 0.3 is 0 Å². The highest BCUT2D eigenvalue weighted by molar-refractivity contribution is 6.35. The second-order valence-corrected chi connectivity index (χ2v) is 6.04. The normalized spacial score (nSPS) is 12.9. The third-order valence-corrected chi connectivity index (χ3v) is 3.87. The van der Waals surface area contributed by atoms with E-state index in [0.717, 1.165) is 24.4 Å². The SMILES string of the molecule is CCNC(Cc1ncnn1C(C)C)c1ccc(Cl)cc1Cl. The maximum absolute atomic E-state index is 6.34. The van der Waals surface area contributed by atoms with Crippen LogP contribution < -0.4 is 5.32 Å². The average molecular weight is 327 g/mol. The predicted molar refractivity (Wildman–Crippen MR) is 87.0 cm³/mol. The Morgan fingerprint density at radius 3 is 2.67 bits per heavy atom. The standard InChI is InChI=1S/C15H20Cl2N4/c1-4-18-14(12-6-5-11(16)7-13(12)17)8-15-19-9-20-21(15)10(2)3/h5-7,9-10,14,18H,4,8H2,1-3H3. The molecule has 1 aromatic heterocycles. The Labute approximate surface area is 135 Å². The van der Waals surface area contributed by atoms with E-state index in [1.54, 1.807) is 12.4 Å². The second kappa shape index (κ2) is 7.25. The van der Waals surface area contributed by atoms with Gasteiger partial charge in [0.2, 0.25) is 0 Å². The molecule has 2 rings (SSSR count). The predicted octanol–water partition coefficient (Wildman–Crippen LogP) is 4.06. The van der Waals surface area contributed by atoms with E-state index in [-0.39, 0.29) is 12.1 Å². The molecule has 1 aromatic carbocycles. The largest absolute Gasteiger partial charge is 0.310 e. The Bertz CT molecular complexity index is 595. The lowest BCUT2D eigenvalue weighted by Gasteiger charge is -2.20. The van der Waals surface area contributed by atoms with Crippen LogP contribution in [0.4, 0.5) is 0 Å². The van der Waals surface area contributed by atoms with E-state index in [9.17, 15) is 0 Å². The van der Waals surface area contributed by atoms with Crippen LogP contribution in [0.15, 0.2) is 24.5 Å². The van der Waals surface area contributed by atoms with Gasteiger partial charge in [-0.25, -0.2) is 9.67 Å². The summed E-state index contributed by atoms with van der Waals surface area (Å²) in [6.45, 7) is 7.11. The molecule has 1 heterocycles. The van der Waals surface area contributed by atoms with E-state index in [4.69, 9.17) is 23.2 Å². The molecule has 0 aliphatic heterocycles. The van der Waals surface area contributed by atoms with E-state index >= 15 is 0 Å². The zero-order valence-electron chi connectivity index (χ0n) is 12.5. The van der Waals surface area contributed by atoms with E-state index in [1.165, 1.54) is 0 Å². The number of aromatic nitrogens is 3. The van der Waals surface area contributed by atoms with Crippen LogP contribution in [0, 0.1) is 0 Å². The summed E-state index contributed by atoms with van der Waals surface area (Å²) in [6.07, 6.45) is 2.33. The summed E-state index contributed by atoms with van der Waals surface area (Å²) in [5, 5.41) is 9.05. The fourth-order valence-corrected chi connectivity index (χ4v) is 2.90. The van der Waals surface area contributed by atoms with Crippen molar-refractivity contribution in [3.8, 4) is 0 Å². The highest BCUT2D eigenvalue weighted by Crippen LogP contribution is 2.28. The molecule has 1 N–H and O–H groups in total. The second-order valence-electron chi connectivity index (χ2n) is 5.19. The molecule has 0 fully saturated rings. The summed E-state index contributed by atoms with van der Waals surface area (Å²) < 4.78 is 1.94. The van der Waals surface area contributed by atoms with Crippen LogP contribution in [-0.4, -0.2) is 21.3 Å². The number of rotatable bonds is 6. The van der Waals surface area contributed by atoms with Gasteiger partial charge in [0.15, 0.2) is 0 Å². The lowest BCUT2D eigenvalue weighted by atomic mass is 10.0. The van der Waals surface area contributed by atoms with Crippen molar-refractivity contribution in [2.75, 3.05) is 6.54 Å². The van der Waals surface area contributed by atoms with Gasteiger partial charge in [-0.05, 0) is 38.1 Å². The maximum Gasteiger partial charge on any atom is 0.138 e. The van der Waals surface area contributed by atoms with Crippen LogP contribution >= 0.6 is 23.2 Å². The van der Waals surface area contributed by atoms with Crippen LogP contribution in [0.5, 0.6) is 0 Å². The molecular weight excluding hydrogens is 307 g/mol. The molecule has 2 aromatic rings. The van der Waals surface area contributed by atoms with Crippen LogP contribution in [0.25, 0.3) is 0 Å². The number of likely N-dealkylation sites (N-methyl/N-ethyl adjacent to an activating group) is 1. The Hall–Kier alpha value is -1.10. The smallest absolute Gasteiger partial charge is 0.138 e. The quantitative estimate of drug-likeness (QED) is 0.870. The lowest BCUT2D eigenvalue weighted by molar-refractivity contribution is 0.468. The van der Waals surface area contributed by atoms with Crippen molar-refractivity contribution in [3.05, 3.63) is 46.0 Å². The fraction of sp³-hybridized carbons (Fsp3) is 0.467. The first-order valence-electron chi connectivity index (χ1n) is 7.09. The summed E-state index contributed by atoms with van der Waals surface area (Å²) in [7, 11) is 0. The number of halogens is 2. The zero-order valence-corrected chi connectivity index (χ0v) is 14.0. The topological polar surface area (TPSA) is 42.7 Å². The van der Waals surface area contributed by atoms with Crippen molar-refractivity contribution in [1.29, 1.82) is 0 Å². The average Bonchev–Trinajstić information content (AvgIpc) is 2.86. The summed E-state index contributed by atoms with van der Waals surface area (Å²) in [5.74, 6) is 0.946. The fourth-order valence-electron chi connectivity index (χ4n) is 2.36. The lowest BCUT2D eigenvalue weighted by Crippen LogP contribution is -2.25. The summed E-state index contributed by atoms with van der Waals surface area (Å²) >= 11 is 12.3. The van der Waals surface area contributed by atoms with Crippen molar-refractivity contribution in [2.45, 2.75) is 39.3 Å². The van der Waals surface area contributed by atoms with Crippen LogP contribution in [-0.2, 0) is 6.42 Å². The van der Waals surface area contributed by atoms with Gasteiger partial charge in [-0.2, -0.15) is 5.10 Å². The van der Waals surface area contributed by atoms with Crippen molar-refractivity contribution in [2.24, 2.45) is 0 Å². The highest BCUT2D eigenvalue weighted by Gasteiger charge is 2.18. The first-order chi connectivity index (χ1) is 10.0. The van der Waals surface area contributed by atoms with Crippen molar-refractivity contribution in [1.82, 2.24) is 20.1 Å². The maximum atomic E-state index is 6.34. The third-order valence-electron chi connectivity index (χ3n) is 3.31. The number of hydrogen-bond acceptors (Lipinski definition) is 3. The molecule has 4 nitrogen and oxygen atoms in total. The molecule has 0 saturated heterocycles. The molecule has 0 radical (unpaired) electrons. The van der Waals surface area contributed by atoms with Gasteiger partial charge in [-0.3, -0.25) is 0 Å². The van der Waals surface area contributed by atoms with Gasteiger partial charge in [0.25, 0.3) is 0 Å². The van der Waals surface area contributed by atoms with Gasteiger partial charge in [-0.15, -0.1) is 0 Å². The van der Waals surface area contributed by atoms with E-state index in [0.29, 0.717) is 10.0 Å². The molecule has 0 aliphatic rings. The van der Waals surface area contributed by atoms with Crippen LogP contribution in [0.2, 0.25) is 10.0 Å². The number of nitrogens with one attached hydrogen (secondary N) is 1. The number of nitrogens with zero attached hydrogens (tertiary/aromatic N) is 3. The highest BCUT2D eigenvalue weighted by atomic mass is 35.5. The molecule has 6 heteroatoms. The van der Waals surface area contributed by atoms with E-state index in [2.05, 4.69) is 36.2 Å². The minimum absolute atomic E-state index is 0.0847. The Morgan fingerprint density at radius 1 is 1.29 bits per heavy atom. The summed E-state index contributed by atoms with van der Waals surface area (Å²) in [4.78, 5) is 4.37. The van der Waals surface area contributed by atoms with Gasteiger partial charge in [0, 0.05) is 28.5 Å². The van der Waals surface area contributed by atoms with Crippen LogP contribution in [0.3, 0.4) is 0 Å². The molecule has 1 unspecified atom stereocenters. The van der Waals surface area contributed by atoms with Gasteiger partial charge in [0.1, 0.15) is 12.2 Å². The molecule has 0 spiro atoms. The van der Waals surface area contributed by atoms with E-state index < -0.39 is 0 Å². The minimum Gasteiger partial charge on any atom is -0.310 e. The Morgan fingerprint density at radius 2 is 2.05 bits per heavy atom. The molecule has 0 aliphatic carbocycles. The zero-order chi connectivity index (χ0) is 15.4. The minimum atomic E-state index is 0.0847. The first-order valence-corrected chi connectivity index (χ1v) is 7.85. The molecule has 0 amide bonds. The third kappa shape index (κ3) is 3.96. The van der Waals surface area contributed by atoms with Gasteiger partial charge < -0.3 is 5.32 Å². The van der Waals surface area contributed by atoms with Crippen molar-refractivity contribution >= 4 is 23.2 Å². The van der Waals surface area contributed by atoms with E-state index in [1.807, 2.05) is 16.8 Å².